The van der Waals surface area contributed by atoms with Crippen LogP contribution in [0, 0.1) is 5.82 Å². The van der Waals surface area contributed by atoms with Crippen molar-refractivity contribution >= 4 is 23.1 Å². The molecule has 0 unspecified atom stereocenters. The number of halogens is 2. The molecule has 0 atom stereocenters. The van der Waals surface area contributed by atoms with Crippen LogP contribution in [-0.2, 0) is 0 Å². The average Bonchev–Trinajstić information content (AvgIpc) is 2.36. The molecule has 21 heavy (non-hydrogen) atoms. The number of anilines is 2. The Kier molecular flexibility index (Phi) is 3.50. The summed E-state index contributed by atoms with van der Waals surface area (Å²) in [6.45, 7) is 1.34. The van der Waals surface area contributed by atoms with Gasteiger partial charge in [-0.15, -0.1) is 0 Å². The van der Waals surface area contributed by atoms with Crippen LogP contribution in [0.15, 0.2) is 29.3 Å². The number of likely N-dealkylation sites (N-methyl/N-ethyl adjacent to an activating group) is 1. The summed E-state index contributed by atoms with van der Waals surface area (Å²) in [5, 5.41) is 6.36. The lowest BCUT2D eigenvalue weighted by Gasteiger charge is -2.45. The molecule has 1 fully saturated rings. The quantitative estimate of drug-likeness (QED) is 0.925. The van der Waals surface area contributed by atoms with Gasteiger partial charge in [0.2, 0.25) is 0 Å². The first-order chi connectivity index (χ1) is 10.0. The van der Waals surface area contributed by atoms with E-state index in [0.717, 1.165) is 5.69 Å². The summed E-state index contributed by atoms with van der Waals surface area (Å²) in [4.78, 5) is 19.0. The minimum Gasteiger partial charge on any atom is -0.366 e. The maximum Gasteiger partial charge on any atom is 0.266 e. The first-order valence-corrected chi connectivity index (χ1v) is 6.76. The third-order valence-electron chi connectivity index (χ3n) is 3.55. The molecular weight excluding hydrogens is 297 g/mol. The molecule has 1 aliphatic rings. The Morgan fingerprint density at radius 1 is 1.43 bits per heavy atom. The Balaban J connectivity index is 1.69. The lowest BCUT2D eigenvalue weighted by Crippen LogP contribution is -2.59. The van der Waals surface area contributed by atoms with Crippen molar-refractivity contribution in [1.82, 2.24) is 15.2 Å². The highest BCUT2D eigenvalue weighted by atomic mass is 35.5. The largest absolute Gasteiger partial charge is 0.366 e. The number of nitrogens with one attached hydrogen (secondary N) is 1. The normalized spacial score (nSPS) is 14.9. The van der Waals surface area contributed by atoms with E-state index in [-0.39, 0.29) is 22.4 Å². The average molecular weight is 310 g/mol. The molecule has 0 radical (unpaired) electrons. The molecule has 0 bridgehead atoms. The van der Waals surface area contributed by atoms with E-state index < -0.39 is 5.82 Å². The molecule has 8 heteroatoms. The number of hydrogen-bond acceptors (Lipinski definition) is 5. The Morgan fingerprint density at radius 2 is 2.19 bits per heavy atom. The van der Waals surface area contributed by atoms with Gasteiger partial charge in [-0.2, -0.15) is 5.10 Å². The van der Waals surface area contributed by atoms with Crippen LogP contribution in [0.3, 0.4) is 0 Å². The number of aromatic amines is 1. The lowest BCUT2D eigenvalue weighted by atomic mass is 10.1. The van der Waals surface area contributed by atoms with Gasteiger partial charge in [-0.1, -0.05) is 11.6 Å². The fraction of sp³-hybridized carbons (Fsp3) is 0.308. The first-order valence-electron chi connectivity index (χ1n) is 6.38. The third-order valence-corrected chi connectivity index (χ3v) is 3.75. The Morgan fingerprint density at radius 3 is 2.86 bits per heavy atom. The van der Waals surface area contributed by atoms with Gasteiger partial charge in [-0.05, 0) is 6.07 Å². The molecule has 1 saturated heterocycles. The zero-order valence-electron chi connectivity index (χ0n) is 11.3. The lowest BCUT2D eigenvalue weighted by molar-refractivity contribution is 0.484. The molecule has 0 spiro atoms. The predicted octanol–water partition coefficient (Wildman–Crippen LogP) is 1.28. The molecule has 0 saturated carbocycles. The van der Waals surface area contributed by atoms with Gasteiger partial charge >= 0.3 is 0 Å². The minimum absolute atomic E-state index is 0.118. The SMILES string of the molecule is CN(c1ncc(Cl)cc1F)C1CN(c2cn[nH]c(=O)c2)C1. The van der Waals surface area contributed by atoms with E-state index in [4.69, 9.17) is 11.6 Å². The summed E-state index contributed by atoms with van der Waals surface area (Å²) in [6.07, 6.45) is 3.02. The van der Waals surface area contributed by atoms with E-state index in [0.29, 0.717) is 13.1 Å². The highest BCUT2D eigenvalue weighted by molar-refractivity contribution is 6.30. The van der Waals surface area contributed by atoms with Gasteiger partial charge in [-0.25, -0.2) is 14.5 Å². The summed E-state index contributed by atoms with van der Waals surface area (Å²) in [5.41, 5.74) is 0.516. The van der Waals surface area contributed by atoms with Crippen molar-refractivity contribution in [2.24, 2.45) is 0 Å². The van der Waals surface area contributed by atoms with Gasteiger partial charge in [0.15, 0.2) is 11.6 Å². The fourth-order valence-corrected chi connectivity index (χ4v) is 2.43. The number of aromatic nitrogens is 3. The topological polar surface area (TPSA) is 65.1 Å². The summed E-state index contributed by atoms with van der Waals surface area (Å²) in [7, 11) is 1.79. The zero-order valence-corrected chi connectivity index (χ0v) is 12.0. The van der Waals surface area contributed by atoms with Gasteiger partial charge < -0.3 is 9.80 Å². The molecule has 0 amide bonds. The molecule has 3 rings (SSSR count). The molecule has 2 aromatic heterocycles. The molecule has 3 heterocycles. The van der Waals surface area contributed by atoms with Crippen LogP contribution in [0.5, 0.6) is 0 Å². The van der Waals surface area contributed by atoms with E-state index >= 15 is 0 Å². The van der Waals surface area contributed by atoms with E-state index in [2.05, 4.69) is 15.2 Å². The Bertz CT molecular complexity index is 716. The summed E-state index contributed by atoms with van der Waals surface area (Å²) < 4.78 is 13.8. The van der Waals surface area contributed by atoms with Crippen LogP contribution in [0.4, 0.5) is 15.9 Å². The molecule has 6 nitrogen and oxygen atoms in total. The first kappa shape index (κ1) is 13.8. The molecule has 2 aromatic rings. The molecule has 0 aromatic carbocycles. The van der Waals surface area contributed by atoms with Crippen molar-refractivity contribution in [3.8, 4) is 0 Å². The maximum atomic E-state index is 13.8. The fourth-order valence-electron chi connectivity index (χ4n) is 2.29. The second-order valence-electron chi connectivity index (χ2n) is 4.93. The van der Waals surface area contributed by atoms with Gasteiger partial charge in [0.25, 0.3) is 5.56 Å². The second kappa shape index (κ2) is 5.33. The molecular formula is C13H13ClFN5O. The number of pyridine rings is 1. The van der Waals surface area contributed by atoms with Crippen LogP contribution in [0.25, 0.3) is 0 Å². The van der Waals surface area contributed by atoms with Crippen molar-refractivity contribution in [3.63, 3.8) is 0 Å². The molecule has 110 valence electrons. The standard InChI is InChI=1S/C13H13ClFN5O/c1-19(13-11(15)2-8(14)4-16-13)10-6-20(7-10)9-3-12(21)18-17-5-9/h2-5,10H,6-7H2,1H3,(H,18,21). The zero-order chi connectivity index (χ0) is 15.0. The monoisotopic (exact) mass is 309 g/mol. The van der Waals surface area contributed by atoms with Gasteiger partial charge in [0.1, 0.15) is 0 Å². The summed E-state index contributed by atoms with van der Waals surface area (Å²) in [6, 6.07) is 2.86. The highest BCUT2D eigenvalue weighted by Crippen LogP contribution is 2.26. The van der Waals surface area contributed by atoms with E-state index in [1.807, 2.05) is 4.90 Å². The van der Waals surface area contributed by atoms with Crippen molar-refractivity contribution in [2.45, 2.75) is 6.04 Å². The van der Waals surface area contributed by atoms with Crippen LogP contribution in [-0.4, -0.2) is 41.4 Å². The van der Waals surface area contributed by atoms with Crippen molar-refractivity contribution in [1.29, 1.82) is 0 Å². The maximum absolute atomic E-state index is 13.8. The number of H-pyrrole nitrogens is 1. The smallest absolute Gasteiger partial charge is 0.266 e. The van der Waals surface area contributed by atoms with Crippen LogP contribution in [0.2, 0.25) is 5.02 Å². The summed E-state index contributed by atoms with van der Waals surface area (Å²) >= 11 is 5.70. The third kappa shape index (κ3) is 2.69. The number of nitrogens with zero attached hydrogens (tertiary/aromatic N) is 4. The molecule has 1 aliphatic heterocycles. The van der Waals surface area contributed by atoms with E-state index in [1.54, 1.807) is 18.1 Å². The summed E-state index contributed by atoms with van der Waals surface area (Å²) in [5.74, 6) is -0.172. The van der Waals surface area contributed by atoms with Crippen LogP contribution < -0.4 is 15.4 Å². The van der Waals surface area contributed by atoms with E-state index in [9.17, 15) is 9.18 Å². The Labute approximate surface area is 125 Å². The van der Waals surface area contributed by atoms with Crippen LogP contribution in [0.1, 0.15) is 0 Å². The van der Waals surface area contributed by atoms with Crippen molar-refractivity contribution in [2.75, 3.05) is 29.9 Å². The predicted molar refractivity (Wildman–Crippen MR) is 78.5 cm³/mol. The van der Waals surface area contributed by atoms with E-state index in [1.165, 1.54) is 18.3 Å². The van der Waals surface area contributed by atoms with Crippen molar-refractivity contribution in [3.05, 3.63) is 45.7 Å². The molecule has 1 N–H and O–H groups in total. The van der Waals surface area contributed by atoms with Gasteiger partial charge in [-0.3, -0.25) is 4.79 Å². The number of rotatable bonds is 3. The van der Waals surface area contributed by atoms with Crippen molar-refractivity contribution < 1.29 is 4.39 Å². The number of hydrogen-bond donors (Lipinski definition) is 1. The Hall–Kier alpha value is -2.15. The minimum atomic E-state index is -0.443. The highest BCUT2D eigenvalue weighted by Gasteiger charge is 2.32. The van der Waals surface area contributed by atoms with Gasteiger partial charge in [0.05, 0.1) is 22.9 Å². The van der Waals surface area contributed by atoms with Gasteiger partial charge in [0, 0.05) is 32.4 Å². The molecule has 0 aliphatic carbocycles. The van der Waals surface area contributed by atoms with Crippen LogP contribution >= 0.6 is 11.6 Å². The second-order valence-corrected chi connectivity index (χ2v) is 5.37.